The van der Waals surface area contributed by atoms with Crippen molar-refractivity contribution in [3.63, 3.8) is 0 Å². The smallest absolute Gasteiger partial charge is 0.150 e. The van der Waals surface area contributed by atoms with Gasteiger partial charge in [0.05, 0.1) is 5.69 Å². The third-order valence-corrected chi connectivity index (χ3v) is 2.43. The first-order valence-corrected chi connectivity index (χ1v) is 5.77. The lowest BCUT2D eigenvalue weighted by Crippen LogP contribution is -2.06. The maximum Gasteiger partial charge on any atom is 0.150 e. The number of hydrogen-bond acceptors (Lipinski definition) is 3. The first-order chi connectivity index (χ1) is 7.24. The van der Waals surface area contributed by atoms with Gasteiger partial charge in [0.2, 0.25) is 0 Å². The van der Waals surface area contributed by atoms with Crippen molar-refractivity contribution in [2.75, 3.05) is 17.6 Å². The van der Waals surface area contributed by atoms with Crippen molar-refractivity contribution in [3.8, 4) is 0 Å². The number of halogens is 1. The largest absolute Gasteiger partial charge is 0.396 e. The van der Waals surface area contributed by atoms with Crippen LogP contribution in [0.25, 0.3) is 0 Å². The summed E-state index contributed by atoms with van der Waals surface area (Å²) in [5.41, 5.74) is 6.39. The van der Waals surface area contributed by atoms with Gasteiger partial charge in [-0.2, -0.15) is 0 Å². The summed E-state index contributed by atoms with van der Waals surface area (Å²) in [6.07, 6.45) is 4.91. The van der Waals surface area contributed by atoms with Crippen molar-refractivity contribution < 1.29 is 0 Å². The summed E-state index contributed by atoms with van der Waals surface area (Å²) in [5, 5.41) is 3.66. The van der Waals surface area contributed by atoms with E-state index in [1.54, 1.807) is 12.1 Å². The van der Waals surface area contributed by atoms with Crippen molar-refractivity contribution in [3.05, 3.63) is 17.3 Å². The van der Waals surface area contributed by atoms with Crippen molar-refractivity contribution in [1.82, 2.24) is 4.98 Å². The van der Waals surface area contributed by atoms with E-state index in [2.05, 4.69) is 17.2 Å². The van der Waals surface area contributed by atoms with Gasteiger partial charge in [0.15, 0.2) is 5.82 Å². The molecule has 15 heavy (non-hydrogen) atoms. The molecule has 1 rings (SSSR count). The summed E-state index contributed by atoms with van der Waals surface area (Å²) in [6.45, 7) is 3.10. The first kappa shape index (κ1) is 12.1. The van der Waals surface area contributed by atoms with Crippen molar-refractivity contribution in [1.29, 1.82) is 0 Å². The number of rotatable bonds is 6. The Kier molecular flexibility index (Phi) is 5.26. The monoisotopic (exact) mass is 227 g/mol. The van der Waals surface area contributed by atoms with Gasteiger partial charge in [-0.05, 0) is 18.6 Å². The molecule has 0 saturated carbocycles. The zero-order valence-corrected chi connectivity index (χ0v) is 9.85. The van der Waals surface area contributed by atoms with E-state index in [1.165, 1.54) is 19.3 Å². The van der Waals surface area contributed by atoms with Gasteiger partial charge in [0, 0.05) is 6.54 Å². The lowest BCUT2D eigenvalue weighted by molar-refractivity contribution is 0.684. The van der Waals surface area contributed by atoms with E-state index in [4.69, 9.17) is 17.3 Å². The Morgan fingerprint density at radius 3 is 2.87 bits per heavy atom. The minimum Gasteiger partial charge on any atom is -0.396 e. The molecule has 84 valence electrons. The van der Waals surface area contributed by atoms with E-state index in [9.17, 15) is 0 Å². The van der Waals surface area contributed by atoms with Gasteiger partial charge in [-0.15, -0.1) is 0 Å². The molecule has 0 saturated heterocycles. The van der Waals surface area contributed by atoms with Crippen molar-refractivity contribution >= 4 is 23.1 Å². The quantitative estimate of drug-likeness (QED) is 0.579. The molecule has 0 spiro atoms. The SMILES string of the molecule is CCCCCCNc1nc(Cl)ccc1N. The van der Waals surface area contributed by atoms with E-state index >= 15 is 0 Å². The van der Waals surface area contributed by atoms with Gasteiger partial charge in [-0.1, -0.05) is 37.8 Å². The number of nitrogens with zero attached hydrogens (tertiary/aromatic N) is 1. The fraction of sp³-hybridized carbons (Fsp3) is 0.545. The highest BCUT2D eigenvalue weighted by Gasteiger charge is 2.00. The van der Waals surface area contributed by atoms with Crippen LogP contribution in [0, 0.1) is 0 Å². The van der Waals surface area contributed by atoms with Gasteiger partial charge < -0.3 is 11.1 Å². The number of aromatic nitrogens is 1. The Bertz CT molecular complexity index is 302. The summed E-state index contributed by atoms with van der Waals surface area (Å²) in [4.78, 5) is 4.12. The molecule has 1 aromatic rings. The molecule has 0 aliphatic rings. The summed E-state index contributed by atoms with van der Waals surface area (Å²) in [6, 6.07) is 3.46. The Hall–Kier alpha value is -0.960. The Morgan fingerprint density at radius 2 is 2.13 bits per heavy atom. The average molecular weight is 228 g/mol. The maximum atomic E-state index is 5.77. The van der Waals surface area contributed by atoms with E-state index < -0.39 is 0 Å². The molecule has 4 heteroatoms. The molecule has 3 N–H and O–H groups in total. The number of hydrogen-bond donors (Lipinski definition) is 2. The number of unbranched alkanes of at least 4 members (excludes halogenated alkanes) is 3. The second kappa shape index (κ2) is 6.51. The molecular formula is C11H18ClN3. The molecule has 0 atom stereocenters. The highest BCUT2D eigenvalue weighted by Crippen LogP contribution is 2.18. The zero-order valence-electron chi connectivity index (χ0n) is 9.09. The van der Waals surface area contributed by atoms with Crippen LogP contribution >= 0.6 is 11.6 Å². The molecule has 0 amide bonds. The van der Waals surface area contributed by atoms with Crippen LogP contribution in [0.4, 0.5) is 11.5 Å². The molecule has 1 aromatic heterocycles. The van der Waals surface area contributed by atoms with Crippen LogP contribution in [-0.4, -0.2) is 11.5 Å². The summed E-state index contributed by atoms with van der Waals surface area (Å²) in [7, 11) is 0. The molecule has 0 bridgehead atoms. The minimum atomic E-state index is 0.472. The number of nitrogens with two attached hydrogens (primary N) is 1. The fourth-order valence-electron chi connectivity index (χ4n) is 1.35. The summed E-state index contributed by atoms with van der Waals surface area (Å²) >= 11 is 5.77. The Morgan fingerprint density at radius 1 is 1.33 bits per heavy atom. The van der Waals surface area contributed by atoms with Crippen LogP contribution in [0.3, 0.4) is 0 Å². The zero-order chi connectivity index (χ0) is 11.1. The lowest BCUT2D eigenvalue weighted by atomic mass is 10.2. The van der Waals surface area contributed by atoms with Gasteiger partial charge in [0.1, 0.15) is 5.15 Å². The molecule has 0 aliphatic carbocycles. The predicted octanol–water partition coefficient (Wildman–Crippen LogP) is 3.31. The lowest BCUT2D eigenvalue weighted by Gasteiger charge is -2.07. The van der Waals surface area contributed by atoms with E-state index in [-0.39, 0.29) is 0 Å². The molecule has 1 heterocycles. The van der Waals surface area contributed by atoms with E-state index in [0.717, 1.165) is 13.0 Å². The van der Waals surface area contributed by atoms with Crippen LogP contribution in [0.2, 0.25) is 5.15 Å². The second-order valence-corrected chi connectivity index (χ2v) is 3.95. The molecular weight excluding hydrogens is 210 g/mol. The number of nitrogens with one attached hydrogen (secondary N) is 1. The molecule has 0 aliphatic heterocycles. The van der Waals surface area contributed by atoms with Crippen LogP contribution in [0.5, 0.6) is 0 Å². The van der Waals surface area contributed by atoms with Crippen molar-refractivity contribution in [2.45, 2.75) is 32.6 Å². The standard InChI is InChI=1S/C11H18ClN3/c1-2-3-4-5-8-14-11-9(13)6-7-10(12)15-11/h6-7H,2-5,8,13H2,1H3,(H,14,15). The molecule has 3 nitrogen and oxygen atoms in total. The topological polar surface area (TPSA) is 50.9 Å². The molecule has 0 fully saturated rings. The summed E-state index contributed by atoms with van der Waals surface area (Å²) in [5.74, 6) is 0.694. The summed E-state index contributed by atoms with van der Waals surface area (Å²) < 4.78 is 0. The third-order valence-electron chi connectivity index (χ3n) is 2.22. The average Bonchev–Trinajstić information content (AvgIpc) is 2.23. The van der Waals surface area contributed by atoms with Crippen LogP contribution in [0.15, 0.2) is 12.1 Å². The normalized spacial score (nSPS) is 10.3. The van der Waals surface area contributed by atoms with Gasteiger partial charge in [0.25, 0.3) is 0 Å². The number of anilines is 2. The van der Waals surface area contributed by atoms with Gasteiger partial charge in [-0.3, -0.25) is 0 Å². The highest BCUT2D eigenvalue weighted by molar-refractivity contribution is 6.29. The Balaban J connectivity index is 2.33. The van der Waals surface area contributed by atoms with E-state index in [0.29, 0.717) is 16.7 Å². The van der Waals surface area contributed by atoms with E-state index in [1.807, 2.05) is 0 Å². The maximum absolute atomic E-state index is 5.77. The van der Waals surface area contributed by atoms with Crippen LogP contribution in [-0.2, 0) is 0 Å². The minimum absolute atomic E-state index is 0.472. The molecule has 0 aromatic carbocycles. The highest BCUT2D eigenvalue weighted by atomic mass is 35.5. The number of nitrogen functional groups attached to an aromatic ring is 1. The van der Waals surface area contributed by atoms with Crippen LogP contribution < -0.4 is 11.1 Å². The first-order valence-electron chi connectivity index (χ1n) is 5.40. The van der Waals surface area contributed by atoms with Gasteiger partial charge in [-0.25, -0.2) is 4.98 Å². The van der Waals surface area contributed by atoms with Crippen molar-refractivity contribution in [2.24, 2.45) is 0 Å². The van der Waals surface area contributed by atoms with Gasteiger partial charge >= 0.3 is 0 Å². The second-order valence-electron chi connectivity index (χ2n) is 3.56. The third kappa shape index (κ3) is 4.38. The molecule has 0 radical (unpaired) electrons. The Labute approximate surface area is 96.0 Å². The fourth-order valence-corrected chi connectivity index (χ4v) is 1.49. The predicted molar refractivity (Wildman–Crippen MR) is 66.3 cm³/mol. The number of pyridine rings is 1. The molecule has 0 unspecified atom stereocenters. The van der Waals surface area contributed by atoms with Crippen LogP contribution in [0.1, 0.15) is 32.6 Å².